The molecule has 1 aliphatic heterocycles. The molecule has 1 amide bonds. The van der Waals surface area contributed by atoms with Crippen LogP contribution in [0.2, 0.25) is 0 Å². The van der Waals surface area contributed by atoms with Crippen molar-refractivity contribution in [3.05, 3.63) is 53.1 Å². The van der Waals surface area contributed by atoms with E-state index in [0.717, 1.165) is 40.8 Å². The molecule has 0 radical (unpaired) electrons. The quantitative estimate of drug-likeness (QED) is 0.557. The van der Waals surface area contributed by atoms with Crippen LogP contribution in [0.3, 0.4) is 0 Å². The number of amides is 1. The monoisotopic (exact) mass is 458 g/mol. The van der Waals surface area contributed by atoms with Crippen LogP contribution in [0.1, 0.15) is 29.5 Å². The Labute approximate surface area is 186 Å². The van der Waals surface area contributed by atoms with Gasteiger partial charge in [-0.2, -0.15) is 0 Å². The smallest absolute Gasteiger partial charge is 0.233 e. The molecule has 0 bridgehead atoms. The number of benzene rings is 2. The third-order valence-corrected chi connectivity index (χ3v) is 7.89. The van der Waals surface area contributed by atoms with E-state index < -0.39 is 9.84 Å². The molecule has 6 nitrogen and oxygen atoms in total. The Morgan fingerprint density at radius 2 is 1.94 bits per heavy atom. The first-order valence-electron chi connectivity index (χ1n) is 10.3. The summed E-state index contributed by atoms with van der Waals surface area (Å²) < 4.78 is 30.2. The molecule has 1 fully saturated rings. The first kappa shape index (κ1) is 21.9. The highest BCUT2D eigenvalue weighted by molar-refractivity contribution is 7.90. The van der Waals surface area contributed by atoms with Gasteiger partial charge in [-0.05, 0) is 61.6 Å². The lowest BCUT2D eigenvalue weighted by atomic mass is 10.1. The second-order valence-corrected chi connectivity index (χ2v) is 11.1. The van der Waals surface area contributed by atoms with Gasteiger partial charge in [0.1, 0.15) is 0 Å². The van der Waals surface area contributed by atoms with E-state index in [0.29, 0.717) is 11.7 Å². The van der Waals surface area contributed by atoms with E-state index in [2.05, 4.69) is 26.0 Å². The summed E-state index contributed by atoms with van der Waals surface area (Å²) in [6, 6.07) is 10.6. The Morgan fingerprint density at radius 3 is 2.58 bits per heavy atom. The van der Waals surface area contributed by atoms with E-state index in [9.17, 15) is 13.2 Å². The molecule has 1 unspecified atom stereocenters. The fraction of sp³-hybridized carbons (Fsp3) is 0.391. The molecule has 1 saturated heterocycles. The molecular formula is C23H26N2O4S2. The van der Waals surface area contributed by atoms with Gasteiger partial charge < -0.3 is 4.74 Å². The number of anilines is 1. The topological polar surface area (TPSA) is 76.6 Å². The molecule has 4 rings (SSSR count). The number of nitrogens with zero attached hydrogens (tertiary/aromatic N) is 2. The van der Waals surface area contributed by atoms with Crippen molar-refractivity contribution in [2.24, 2.45) is 0 Å². The highest BCUT2D eigenvalue weighted by atomic mass is 32.2. The summed E-state index contributed by atoms with van der Waals surface area (Å²) >= 11 is 1.52. The van der Waals surface area contributed by atoms with Crippen LogP contribution in [0, 0.1) is 13.8 Å². The van der Waals surface area contributed by atoms with Gasteiger partial charge in [0.2, 0.25) is 5.91 Å². The van der Waals surface area contributed by atoms with E-state index in [-0.39, 0.29) is 23.3 Å². The molecule has 164 valence electrons. The van der Waals surface area contributed by atoms with Crippen LogP contribution in [0.4, 0.5) is 5.13 Å². The lowest BCUT2D eigenvalue weighted by Gasteiger charge is -2.23. The molecule has 1 aromatic heterocycles. The van der Waals surface area contributed by atoms with Gasteiger partial charge in [0.25, 0.3) is 0 Å². The number of fused-ring (bicyclic) bond motifs is 1. The fourth-order valence-corrected chi connectivity index (χ4v) is 5.41. The predicted octanol–water partition coefficient (Wildman–Crippen LogP) is 4.07. The van der Waals surface area contributed by atoms with Crippen molar-refractivity contribution in [1.29, 1.82) is 0 Å². The van der Waals surface area contributed by atoms with Crippen LogP contribution in [-0.2, 0) is 25.8 Å². The van der Waals surface area contributed by atoms with Gasteiger partial charge in [0, 0.05) is 12.9 Å². The molecule has 1 aliphatic rings. The highest BCUT2D eigenvalue weighted by Gasteiger charge is 2.26. The summed E-state index contributed by atoms with van der Waals surface area (Å²) in [6.07, 6.45) is 3.28. The summed E-state index contributed by atoms with van der Waals surface area (Å²) in [5.41, 5.74) is 4.00. The predicted molar refractivity (Wildman–Crippen MR) is 124 cm³/mol. The summed E-state index contributed by atoms with van der Waals surface area (Å²) in [5, 5.41) is 0.678. The number of hydrogen-bond donors (Lipinski definition) is 0. The van der Waals surface area contributed by atoms with Crippen LogP contribution in [0.25, 0.3) is 10.2 Å². The summed E-state index contributed by atoms with van der Waals surface area (Å²) in [4.78, 5) is 20.1. The van der Waals surface area contributed by atoms with Crippen molar-refractivity contribution in [1.82, 2.24) is 4.98 Å². The number of carbonyl (C=O) groups excluding carboxylic acids is 1. The number of aromatic nitrogens is 1. The second kappa shape index (κ2) is 8.68. The summed E-state index contributed by atoms with van der Waals surface area (Å²) in [5.74, 6) is -0.0731. The Hall–Kier alpha value is -2.29. The summed E-state index contributed by atoms with van der Waals surface area (Å²) in [7, 11) is -3.27. The van der Waals surface area contributed by atoms with E-state index >= 15 is 0 Å². The number of ether oxygens (including phenoxy) is 1. The zero-order valence-corrected chi connectivity index (χ0v) is 19.6. The lowest BCUT2D eigenvalue weighted by Crippen LogP contribution is -2.38. The number of hydrogen-bond acceptors (Lipinski definition) is 6. The Kier molecular flexibility index (Phi) is 6.14. The second-order valence-electron chi connectivity index (χ2n) is 8.08. The minimum absolute atomic E-state index is 0.00593. The first-order chi connectivity index (χ1) is 14.7. The van der Waals surface area contributed by atoms with Crippen LogP contribution >= 0.6 is 11.3 Å². The highest BCUT2D eigenvalue weighted by Crippen LogP contribution is 2.33. The van der Waals surface area contributed by atoms with Crippen molar-refractivity contribution in [2.75, 3.05) is 24.3 Å². The maximum Gasteiger partial charge on any atom is 0.233 e. The molecule has 2 heterocycles. The maximum absolute atomic E-state index is 13.3. The van der Waals surface area contributed by atoms with Crippen LogP contribution in [0.5, 0.6) is 0 Å². The van der Waals surface area contributed by atoms with Gasteiger partial charge in [-0.25, -0.2) is 13.4 Å². The average molecular weight is 459 g/mol. The number of thiazole rings is 1. The maximum atomic E-state index is 13.3. The molecule has 0 aliphatic carbocycles. The first-order valence-corrected chi connectivity index (χ1v) is 13.0. The molecule has 0 saturated carbocycles. The minimum atomic E-state index is -3.27. The molecule has 31 heavy (non-hydrogen) atoms. The number of carbonyl (C=O) groups is 1. The zero-order valence-electron chi connectivity index (χ0n) is 17.9. The Morgan fingerprint density at radius 1 is 1.19 bits per heavy atom. The normalized spacial score (nSPS) is 16.7. The fourth-order valence-electron chi connectivity index (χ4n) is 3.73. The van der Waals surface area contributed by atoms with Gasteiger partial charge >= 0.3 is 0 Å². The third-order valence-electron chi connectivity index (χ3n) is 5.72. The number of rotatable bonds is 6. The standard InChI is InChI=1S/C23H26N2O4S2/c1-15-6-11-20-22(16(15)2)24-23(30-20)25(14-18-5-4-12-29-18)21(26)13-17-7-9-19(10-8-17)31(3,27)28/h6-11,18H,4-5,12-14H2,1-3H3. The van der Waals surface area contributed by atoms with Crippen molar-refractivity contribution >= 4 is 42.4 Å². The van der Waals surface area contributed by atoms with Gasteiger partial charge in [-0.3, -0.25) is 9.69 Å². The molecule has 0 N–H and O–H groups in total. The van der Waals surface area contributed by atoms with Gasteiger partial charge in [-0.1, -0.05) is 29.5 Å². The molecule has 2 aromatic carbocycles. The number of sulfone groups is 1. The van der Waals surface area contributed by atoms with Gasteiger partial charge in [0.05, 0.1) is 34.2 Å². The van der Waals surface area contributed by atoms with Crippen LogP contribution in [-0.4, -0.2) is 44.8 Å². The Balaban J connectivity index is 1.63. The summed E-state index contributed by atoms with van der Waals surface area (Å²) in [6.45, 7) is 5.30. The zero-order chi connectivity index (χ0) is 22.2. The van der Waals surface area contributed by atoms with E-state index in [1.807, 2.05) is 0 Å². The van der Waals surface area contributed by atoms with Gasteiger partial charge in [0.15, 0.2) is 15.0 Å². The largest absolute Gasteiger partial charge is 0.376 e. The molecule has 3 aromatic rings. The number of aryl methyl sites for hydroxylation is 2. The minimum Gasteiger partial charge on any atom is -0.376 e. The van der Waals surface area contributed by atoms with Crippen molar-refractivity contribution < 1.29 is 17.9 Å². The van der Waals surface area contributed by atoms with E-state index in [1.54, 1.807) is 29.2 Å². The van der Waals surface area contributed by atoms with Crippen LogP contribution in [0.15, 0.2) is 41.3 Å². The molecule has 8 heteroatoms. The lowest BCUT2D eigenvalue weighted by molar-refractivity contribution is -0.118. The van der Waals surface area contributed by atoms with Crippen molar-refractivity contribution in [3.8, 4) is 0 Å². The van der Waals surface area contributed by atoms with Crippen molar-refractivity contribution in [3.63, 3.8) is 0 Å². The molecular weight excluding hydrogens is 432 g/mol. The van der Waals surface area contributed by atoms with Gasteiger partial charge in [-0.15, -0.1) is 0 Å². The van der Waals surface area contributed by atoms with E-state index in [1.165, 1.54) is 23.2 Å². The Bertz CT molecular complexity index is 1210. The van der Waals surface area contributed by atoms with E-state index in [4.69, 9.17) is 9.72 Å². The SMILES string of the molecule is Cc1ccc2sc(N(CC3CCCO3)C(=O)Cc3ccc(S(C)(=O)=O)cc3)nc2c1C. The molecule has 0 spiro atoms. The van der Waals surface area contributed by atoms with Crippen molar-refractivity contribution in [2.45, 2.75) is 44.1 Å². The molecule has 1 atom stereocenters. The third kappa shape index (κ3) is 4.81. The van der Waals surface area contributed by atoms with Crippen LogP contribution < -0.4 is 4.90 Å². The average Bonchev–Trinajstić information content (AvgIpc) is 3.38.